The Bertz CT molecular complexity index is 703. The highest BCUT2D eigenvalue weighted by atomic mass is 35.5. The van der Waals surface area contributed by atoms with E-state index in [-0.39, 0.29) is 11.8 Å². The number of hydrogen-bond acceptors (Lipinski definition) is 4. The SMILES string of the molecule is Cc1cc(Cl)ccc1NC(=O)C(C)(C)C(=O)N1CCC2(CC1)OCCO2. The third-order valence-corrected chi connectivity index (χ3v) is 5.40. The van der Waals surface area contributed by atoms with Gasteiger partial charge in [-0.25, -0.2) is 0 Å². The molecule has 1 aromatic rings. The Hall–Kier alpha value is -1.63. The lowest BCUT2D eigenvalue weighted by Crippen LogP contribution is -2.53. The van der Waals surface area contributed by atoms with Gasteiger partial charge in [0.05, 0.1) is 13.2 Å². The van der Waals surface area contributed by atoms with Crippen LogP contribution in [0.4, 0.5) is 5.69 Å². The number of carbonyl (C=O) groups excluding carboxylic acids is 2. The van der Waals surface area contributed by atoms with Gasteiger partial charge in [0.1, 0.15) is 5.41 Å². The topological polar surface area (TPSA) is 67.9 Å². The summed E-state index contributed by atoms with van der Waals surface area (Å²) >= 11 is 5.95. The van der Waals surface area contributed by atoms with E-state index in [1.165, 1.54) is 0 Å². The molecule has 0 bridgehead atoms. The minimum Gasteiger partial charge on any atom is -0.347 e. The molecule has 2 fully saturated rings. The number of nitrogens with one attached hydrogen (secondary N) is 1. The van der Waals surface area contributed by atoms with Crippen molar-refractivity contribution in [1.29, 1.82) is 0 Å². The second-order valence-corrected chi connectivity index (χ2v) is 7.87. The zero-order valence-electron chi connectivity index (χ0n) is 15.4. The van der Waals surface area contributed by atoms with Crippen molar-refractivity contribution in [3.05, 3.63) is 28.8 Å². The second-order valence-electron chi connectivity index (χ2n) is 7.44. The summed E-state index contributed by atoms with van der Waals surface area (Å²) in [4.78, 5) is 27.4. The standard InChI is InChI=1S/C19H25ClN2O4/c1-13-12-14(20)4-5-15(13)21-16(23)18(2,3)17(24)22-8-6-19(7-9-22)25-10-11-26-19/h4-5,12H,6-11H2,1-3H3,(H,21,23). The van der Waals surface area contributed by atoms with Crippen molar-refractivity contribution < 1.29 is 19.1 Å². The summed E-state index contributed by atoms with van der Waals surface area (Å²) < 4.78 is 11.4. The molecular formula is C19H25ClN2O4. The molecular weight excluding hydrogens is 356 g/mol. The van der Waals surface area contributed by atoms with Gasteiger partial charge in [0.2, 0.25) is 11.8 Å². The fourth-order valence-corrected chi connectivity index (χ4v) is 3.60. The second kappa shape index (κ2) is 7.18. The minimum atomic E-state index is -1.17. The van der Waals surface area contributed by atoms with Crippen LogP contribution in [0.5, 0.6) is 0 Å². The largest absolute Gasteiger partial charge is 0.347 e. The predicted molar refractivity (Wildman–Crippen MR) is 99.0 cm³/mol. The lowest BCUT2D eigenvalue weighted by atomic mass is 9.88. The summed E-state index contributed by atoms with van der Waals surface area (Å²) in [6.45, 7) is 7.42. The van der Waals surface area contributed by atoms with Crippen molar-refractivity contribution in [1.82, 2.24) is 4.90 Å². The predicted octanol–water partition coefficient (Wildman–Crippen LogP) is 2.98. The van der Waals surface area contributed by atoms with E-state index in [1.807, 2.05) is 6.92 Å². The molecule has 6 nitrogen and oxygen atoms in total. The number of benzene rings is 1. The van der Waals surface area contributed by atoms with Crippen LogP contribution in [0.3, 0.4) is 0 Å². The number of carbonyl (C=O) groups is 2. The lowest BCUT2D eigenvalue weighted by molar-refractivity contribution is -0.189. The van der Waals surface area contributed by atoms with E-state index in [1.54, 1.807) is 36.9 Å². The van der Waals surface area contributed by atoms with E-state index in [9.17, 15) is 9.59 Å². The Morgan fingerprint density at radius 1 is 1.19 bits per heavy atom. The Balaban J connectivity index is 1.64. The van der Waals surface area contributed by atoms with E-state index >= 15 is 0 Å². The van der Waals surface area contributed by atoms with Crippen LogP contribution in [0, 0.1) is 12.3 Å². The van der Waals surface area contributed by atoms with Crippen LogP contribution < -0.4 is 5.32 Å². The maximum Gasteiger partial charge on any atom is 0.239 e. The molecule has 3 rings (SSSR count). The number of rotatable bonds is 3. The Kier molecular flexibility index (Phi) is 5.28. The molecule has 142 valence electrons. The molecule has 0 unspecified atom stereocenters. The molecule has 0 aliphatic carbocycles. The van der Waals surface area contributed by atoms with Gasteiger partial charge in [-0.15, -0.1) is 0 Å². The number of piperidine rings is 1. The highest BCUT2D eigenvalue weighted by Gasteiger charge is 2.45. The van der Waals surface area contributed by atoms with Crippen LogP contribution in [0.25, 0.3) is 0 Å². The van der Waals surface area contributed by atoms with E-state index in [4.69, 9.17) is 21.1 Å². The van der Waals surface area contributed by atoms with Crippen LogP contribution >= 0.6 is 11.6 Å². The number of amides is 2. The van der Waals surface area contributed by atoms with Gasteiger partial charge in [-0.3, -0.25) is 9.59 Å². The molecule has 1 aromatic carbocycles. The van der Waals surface area contributed by atoms with Gasteiger partial charge in [0, 0.05) is 36.6 Å². The Morgan fingerprint density at radius 3 is 2.38 bits per heavy atom. The molecule has 2 aliphatic rings. The number of likely N-dealkylation sites (tertiary alicyclic amines) is 1. The average molecular weight is 381 g/mol. The van der Waals surface area contributed by atoms with E-state index in [0.29, 0.717) is 49.9 Å². The van der Waals surface area contributed by atoms with Gasteiger partial charge in [-0.1, -0.05) is 11.6 Å². The number of nitrogens with zero attached hydrogens (tertiary/aromatic N) is 1. The lowest BCUT2D eigenvalue weighted by Gasteiger charge is -2.40. The van der Waals surface area contributed by atoms with E-state index in [2.05, 4.69) is 5.32 Å². The molecule has 26 heavy (non-hydrogen) atoms. The summed E-state index contributed by atoms with van der Waals surface area (Å²) in [5.74, 6) is -1.06. The quantitative estimate of drug-likeness (QED) is 0.818. The van der Waals surface area contributed by atoms with Crippen molar-refractivity contribution in [3.8, 4) is 0 Å². The zero-order chi connectivity index (χ0) is 18.9. The maximum absolute atomic E-state index is 13.0. The summed E-state index contributed by atoms with van der Waals surface area (Å²) in [5.41, 5.74) is 0.337. The summed E-state index contributed by atoms with van der Waals surface area (Å²) in [6, 6.07) is 5.23. The highest BCUT2D eigenvalue weighted by Crippen LogP contribution is 2.33. The van der Waals surface area contributed by atoms with Crippen molar-refractivity contribution in [2.75, 3.05) is 31.6 Å². The number of ether oxygens (including phenoxy) is 2. The summed E-state index contributed by atoms with van der Waals surface area (Å²) in [7, 11) is 0. The zero-order valence-corrected chi connectivity index (χ0v) is 16.2. The van der Waals surface area contributed by atoms with Crippen molar-refractivity contribution in [3.63, 3.8) is 0 Å². The highest BCUT2D eigenvalue weighted by molar-refractivity contribution is 6.30. The molecule has 0 atom stereocenters. The number of hydrogen-bond donors (Lipinski definition) is 1. The molecule has 1 N–H and O–H groups in total. The van der Waals surface area contributed by atoms with Crippen molar-refractivity contribution >= 4 is 29.1 Å². The molecule has 0 aromatic heterocycles. The monoisotopic (exact) mass is 380 g/mol. The third kappa shape index (κ3) is 3.72. The average Bonchev–Trinajstić information content (AvgIpc) is 3.05. The fraction of sp³-hybridized carbons (Fsp3) is 0.579. The molecule has 2 saturated heterocycles. The number of anilines is 1. The van der Waals surface area contributed by atoms with Gasteiger partial charge in [-0.2, -0.15) is 0 Å². The third-order valence-electron chi connectivity index (χ3n) is 5.16. The van der Waals surface area contributed by atoms with Crippen LogP contribution in [-0.2, 0) is 19.1 Å². The van der Waals surface area contributed by atoms with Crippen LogP contribution in [0.2, 0.25) is 5.02 Å². The van der Waals surface area contributed by atoms with Gasteiger partial charge in [0.25, 0.3) is 0 Å². The molecule has 1 spiro atoms. The first-order chi connectivity index (χ1) is 12.2. The normalized spacial score (nSPS) is 19.6. The Morgan fingerprint density at radius 2 is 1.81 bits per heavy atom. The van der Waals surface area contributed by atoms with Crippen LogP contribution in [0.1, 0.15) is 32.3 Å². The van der Waals surface area contributed by atoms with Gasteiger partial charge >= 0.3 is 0 Å². The molecule has 0 radical (unpaired) electrons. The molecule has 2 heterocycles. The molecule has 2 aliphatic heterocycles. The van der Waals surface area contributed by atoms with Crippen LogP contribution in [-0.4, -0.2) is 48.8 Å². The summed E-state index contributed by atoms with van der Waals surface area (Å²) in [6.07, 6.45) is 1.26. The van der Waals surface area contributed by atoms with Gasteiger partial charge in [0.15, 0.2) is 5.79 Å². The molecule has 7 heteroatoms. The van der Waals surface area contributed by atoms with E-state index in [0.717, 1.165) is 5.56 Å². The van der Waals surface area contributed by atoms with Gasteiger partial charge in [-0.05, 0) is 44.5 Å². The van der Waals surface area contributed by atoms with Gasteiger partial charge < -0.3 is 19.7 Å². The smallest absolute Gasteiger partial charge is 0.239 e. The fourth-order valence-electron chi connectivity index (χ4n) is 3.37. The first-order valence-electron chi connectivity index (χ1n) is 8.88. The molecule has 0 saturated carbocycles. The van der Waals surface area contributed by atoms with Crippen LogP contribution in [0.15, 0.2) is 18.2 Å². The first-order valence-corrected chi connectivity index (χ1v) is 9.26. The number of aryl methyl sites for hydroxylation is 1. The molecule has 2 amide bonds. The number of halogens is 1. The first kappa shape index (κ1) is 19.1. The Labute approximate surface area is 158 Å². The van der Waals surface area contributed by atoms with Crippen molar-refractivity contribution in [2.45, 2.75) is 39.4 Å². The van der Waals surface area contributed by atoms with Crippen molar-refractivity contribution in [2.24, 2.45) is 5.41 Å². The summed E-state index contributed by atoms with van der Waals surface area (Å²) in [5, 5.41) is 3.46. The maximum atomic E-state index is 13.0. The minimum absolute atomic E-state index is 0.186. The van der Waals surface area contributed by atoms with E-state index < -0.39 is 11.2 Å².